The molecule has 4 heavy (non-hydrogen) atoms. The van der Waals surface area contributed by atoms with Crippen LogP contribution in [0, 0.1) is 11.8 Å². The van der Waals surface area contributed by atoms with Crippen LogP contribution in [-0.2, 0) is 24.3 Å². The van der Waals surface area contributed by atoms with Gasteiger partial charge in [0.2, 0.25) is 0 Å². The second-order valence-corrected chi connectivity index (χ2v) is 0. The summed E-state index contributed by atoms with van der Waals surface area (Å²) in [5, 5.41) is 6.50. The standard InChI is InChI=1S/CHN.Ag.O/c1-2;;/h1H;;. The van der Waals surface area contributed by atoms with E-state index in [4.69, 9.17) is 8.51 Å². The number of hydrogen-bond donors (Lipinski definition) is 0. The van der Waals surface area contributed by atoms with E-state index in [1.54, 1.807) is 21.0 Å². The van der Waals surface area contributed by atoms with Gasteiger partial charge in [-0.05, 0) is 0 Å². The molecule has 0 aliphatic heterocycles. The summed E-state index contributed by atoms with van der Waals surface area (Å²) in [5.41, 5.74) is 0. The third-order valence-electron chi connectivity index (χ3n) is 0. The van der Waals surface area contributed by atoms with Crippen molar-refractivity contribution in [2.24, 2.45) is 0 Å². The maximum atomic E-state index is 8.06. The van der Waals surface area contributed by atoms with E-state index >= 15 is 0 Å². The molecule has 0 radical (unpaired) electrons. The van der Waals surface area contributed by atoms with Crippen molar-refractivity contribution in [2.75, 3.05) is 0 Å². The minimum atomic E-state index is 1.70. The van der Waals surface area contributed by atoms with Crippen molar-refractivity contribution in [3.8, 4) is 6.57 Å². The zero-order chi connectivity index (χ0) is 4.00. The summed E-state index contributed by atoms with van der Waals surface area (Å²) in [7, 11) is 0. The van der Waals surface area contributed by atoms with Crippen LogP contribution in [0.2, 0.25) is 0 Å². The van der Waals surface area contributed by atoms with E-state index in [1.165, 1.54) is 0 Å². The Balaban J connectivity index is 0. The van der Waals surface area contributed by atoms with Gasteiger partial charge in [-0.2, -0.15) is 0 Å². The summed E-state index contributed by atoms with van der Waals surface area (Å²) in [6.07, 6.45) is 0. The molecule has 0 fully saturated rings. The van der Waals surface area contributed by atoms with E-state index in [9.17, 15) is 0 Å². The van der Waals surface area contributed by atoms with E-state index in [0.717, 1.165) is 0 Å². The average Bonchev–Trinajstić information content (AvgIpc) is 1.50. The summed E-state index contributed by atoms with van der Waals surface area (Å²) in [6, 6.07) is 0. The van der Waals surface area contributed by atoms with Crippen LogP contribution in [0.25, 0.3) is 0 Å². The molecule has 0 saturated heterocycles. The molecule has 0 bridgehead atoms. The van der Waals surface area contributed by atoms with Gasteiger partial charge < -0.3 is 0 Å². The maximum absolute atomic E-state index is 8.06. The van der Waals surface area contributed by atoms with Crippen LogP contribution in [0.4, 0.5) is 0 Å². The number of nitrogens with zero attached hydrogens (tertiary/aromatic N) is 1. The molecule has 2 nitrogen and oxygen atoms in total. The first-order valence-electron chi connectivity index (χ1n) is 0.381. The molecule has 0 heterocycles. The predicted molar refractivity (Wildman–Crippen MR) is 7.36 cm³/mol. The Morgan fingerprint density at radius 2 is 1.50 bits per heavy atom. The van der Waals surface area contributed by atoms with Gasteiger partial charge in [0.25, 0.3) is 0 Å². The predicted octanol–water partition coefficient (Wildman–Crippen LogP) is 0.0185. The van der Waals surface area contributed by atoms with Crippen molar-refractivity contribution in [2.45, 2.75) is 0 Å². The summed E-state index contributed by atoms with van der Waals surface area (Å²) >= 11 is 1.70. The van der Waals surface area contributed by atoms with Crippen molar-refractivity contribution >= 4 is 0 Å². The van der Waals surface area contributed by atoms with E-state index < -0.39 is 0 Å². The minimum absolute atomic E-state index is 1.70. The monoisotopic (exact) mass is 150 g/mol. The zero-order valence-corrected chi connectivity index (χ0v) is 3.22. The summed E-state index contributed by atoms with van der Waals surface area (Å²) in [5.74, 6) is 0. The molecule has 0 aromatic heterocycles. The summed E-state index contributed by atoms with van der Waals surface area (Å²) in [6.45, 7) is 3.50. The van der Waals surface area contributed by atoms with E-state index in [-0.39, 0.29) is 0 Å². The molecule has 0 aliphatic rings. The Bertz CT molecular complexity index is 19.2. The fraction of sp³-hybridized carbons (Fsp3) is 0. The van der Waals surface area contributed by atoms with E-state index in [0.29, 0.717) is 0 Å². The van der Waals surface area contributed by atoms with E-state index in [2.05, 4.69) is 6.57 Å². The van der Waals surface area contributed by atoms with Gasteiger partial charge >= 0.3 is 24.3 Å². The second kappa shape index (κ2) is 13600. The topological polar surface area (TPSA) is 40.9 Å². The Kier molecular flexibility index (Phi) is 30600. The van der Waals surface area contributed by atoms with Crippen molar-refractivity contribution in [3.63, 3.8) is 0 Å². The van der Waals surface area contributed by atoms with E-state index in [1.807, 2.05) is 0 Å². The number of rotatable bonds is 0. The quantitative estimate of drug-likeness (QED) is 0.457. The molecule has 0 unspecified atom stereocenters. The summed E-state index contributed by atoms with van der Waals surface area (Å²) < 4.78 is 8.06. The van der Waals surface area contributed by atoms with Crippen molar-refractivity contribution in [1.29, 1.82) is 5.26 Å². The molecule has 0 saturated carbocycles. The van der Waals surface area contributed by atoms with Crippen LogP contribution in [0.5, 0.6) is 0 Å². The van der Waals surface area contributed by atoms with Crippen molar-refractivity contribution < 1.29 is 24.3 Å². The molecular weight excluding hydrogens is 150 g/mol. The average molecular weight is 151 g/mol. The third-order valence-corrected chi connectivity index (χ3v) is 0. The first-order valence-corrected chi connectivity index (χ1v) is 0.986. The summed E-state index contributed by atoms with van der Waals surface area (Å²) in [4.78, 5) is 0. The molecule has 0 atom stereocenters. The second-order valence-electron chi connectivity index (χ2n) is 0. The first-order chi connectivity index (χ1) is 2.00. The molecule has 0 aliphatic carbocycles. The molecule has 0 spiro atoms. The number of nitriles is 1. The number of hydrogen-bond acceptors (Lipinski definition) is 2. The third kappa shape index (κ3) is 2350. The van der Waals surface area contributed by atoms with Crippen LogP contribution in [0.1, 0.15) is 0 Å². The fourth-order valence-corrected chi connectivity index (χ4v) is 0. The van der Waals surface area contributed by atoms with Gasteiger partial charge in [-0.15, -0.1) is 0 Å². The Morgan fingerprint density at radius 3 is 1.50 bits per heavy atom. The van der Waals surface area contributed by atoms with Gasteiger partial charge in [0.15, 0.2) is 0 Å². The molecule has 0 rings (SSSR count). The van der Waals surface area contributed by atoms with Gasteiger partial charge in [-0.3, -0.25) is 0 Å². The molecule has 27 valence electrons. The van der Waals surface area contributed by atoms with Crippen LogP contribution in [0.3, 0.4) is 0 Å². The Hall–Kier alpha value is 0.0303. The molecule has 0 aromatic carbocycles. The fourth-order valence-electron chi connectivity index (χ4n) is 0. The van der Waals surface area contributed by atoms with Crippen molar-refractivity contribution in [1.82, 2.24) is 0 Å². The van der Waals surface area contributed by atoms with Gasteiger partial charge in [0.1, 0.15) is 0 Å². The molecule has 0 amide bonds. The van der Waals surface area contributed by atoms with Crippen LogP contribution in [-0.4, -0.2) is 0 Å². The normalized spacial score (nSPS) is 2.00. The van der Waals surface area contributed by atoms with Crippen LogP contribution < -0.4 is 0 Å². The van der Waals surface area contributed by atoms with Crippen molar-refractivity contribution in [3.05, 3.63) is 0 Å². The SMILES string of the molecule is C#N.[O]=[Ag]. The Morgan fingerprint density at radius 1 is 1.50 bits per heavy atom. The van der Waals surface area contributed by atoms with Gasteiger partial charge in [0, 0.05) is 6.57 Å². The zero-order valence-electron chi connectivity index (χ0n) is 1.73. The molecule has 0 aromatic rings. The molecular formula is CHAgNO. The molecule has 3 heteroatoms. The first kappa shape index (κ1) is 8.98. The van der Waals surface area contributed by atoms with Gasteiger partial charge in [-0.1, -0.05) is 0 Å². The van der Waals surface area contributed by atoms with Gasteiger partial charge in [0.05, 0.1) is 0 Å². The van der Waals surface area contributed by atoms with Gasteiger partial charge in [-0.25, -0.2) is 5.26 Å². The molecule has 0 N–H and O–H groups in total. The van der Waals surface area contributed by atoms with Crippen LogP contribution >= 0.6 is 0 Å². The Labute approximate surface area is 36.7 Å². The van der Waals surface area contributed by atoms with Crippen LogP contribution in [0.15, 0.2) is 0 Å².